The van der Waals surface area contributed by atoms with Crippen molar-refractivity contribution in [3.05, 3.63) is 23.5 Å². The summed E-state index contributed by atoms with van der Waals surface area (Å²) < 4.78 is 1.87. The molecule has 5 nitrogen and oxygen atoms in total. The summed E-state index contributed by atoms with van der Waals surface area (Å²) in [6.45, 7) is 6.95. The van der Waals surface area contributed by atoms with Crippen molar-refractivity contribution in [2.45, 2.75) is 32.9 Å². The van der Waals surface area contributed by atoms with Crippen molar-refractivity contribution in [1.29, 1.82) is 0 Å². The molecule has 0 saturated heterocycles. The van der Waals surface area contributed by atoms with E-state index in [0.29, 0.717) is 6.54 Å². The average molecular weight is 237 g/mol. The van der Waals surface area contributed by atoms with Crippen molar-refractivity contribution < 1.29 is 0 Å². The minimum Gasteiger partial charge on any atom is -0.356 e. The van der Waals surface area contributed by atoms with E-state index in [1.54, 1.807) is 17.5 Å². The zero-order valence-corrected chi connectivity index (χ0v) is 10.5. The first-order valence-electron chi connectivity index (χ1n) is 5.11. The smallest absolute Gasteiger partial charge is 0.182 e. The molecule has 0 atom stereocenters. The van der Waals surface area contributed by atoms with Crippen LogP contribution in [-0.2, 0) is 12.1 Å². The second kappa shape index (κ2) is 4.21. The average Bonchev–Trinajstić information content (AvgIpc) is 2.85. The van der Waals surface area contributed by atoms with Crippen molar-refractivity contribution in [2.75, 3.05) is 5.32 Å². The molecule has 1 N–H and O–H groups in total. The van der Waals surface area contributed by atoms with Gasteiger partial charge < -0.3 is 5.32 Å². The molecule has 2 rings (SSSR count). The van der Waals surface area contributed by atoms with Gasteiger partial charge in [0.05, 0.1) is 18.3 Å². The zero-order valence-electron chi connectivity index (χ0n) is 9.64. The minimum atomic E-state index is -0.0214. The lowest BCUT2D eigenvalue weighted by Crippen LogP contribution is -2.22. The summed E-state index contributed by atoms with van der Waals surface area (Å²) in [6.07, 6.45) is 3.74. The Bertz CT molecular complexity index is 440. The summed E-state index contributed by atoms with van der Waals surface area (Å²) in [5, 5.41) is 14.3. The van der Waals surface area contributed by atoms with Crippen LogP contribution in [-0.4, -0.2) is 20.0 Å². The maximum Gasteiger partial charge on any atom is 0.182 e. The molecule has 16 heavy (non-hydrogen) atoms. The van der Waals surface area contributed by atoms with Gasteiger partial charge in [-0.1, -0.05) is 5.21 Å². The first-order valence-corrected chi connectivity index (χ1v) is 5.99. The second-order valence-electron chi connectivity index (χ2n) is 4.52. The van der Waals surface area contributed by atoms with Gasteiger partial charge in [-0.3, -0.25) is 0 Å². The van der Waals surface area contributed by atoms with Crippen LogP contribution in [0.1, 0.15) is 26.5 Å². The molecule has 0 unspecified atom stereocenters. The fourth-order valence-corrected chi connectivity index (χ4v) is 1.71. The fraction of sp³-hybridized carbons (Fsp3) is 0.500. The normalized spacial score (nSPS) is 11.7. The first kappa shape index (κ1) is 11.1. The molecule has 6 heteroatoms. The first-order chi connectivity index (χ1) is 7.55. The van der Waals surface area contributed by atoms with Gasteiger partial charge in [-0.25, -0.2) is 9.67 Å². The third-order valence-corrected chi connectivity index (χ3v) is 2.81. The Kier molecular flexibility index (Phi) is 2.91. The van der Waals surface area contributed by atoms with Crippen LogP contribution in [0.4, 0.5) is 5.13 Å². The lowest BCUT2D eigenvalue weighted by atomic mass is 10.1. The van der Waals surface area contributed by atoms with Crippen LogP contribution in [0, 0.1) is 0 Å². The number of thiazole rings is 1. The fourth-order valence-electron chi connectivity index (χ4n) is 1.18. The van der Waals surface area contributed by atoms with E-state index in [1.807, 2.05) is 16.3 Å². The van der Waals surface area contributed by atoms with E-state index in [4.69, 9.17) is 0 Å². The van der Waals surface area contributed by atoms with Crippen molar-refractivity contribution >= 4 is 16.5 Å². The van der Waals surface area contributed by atoms with Gasteiger partial charge in [0.1, 0.15) is 5.69 Å². The number of aromatic nitrogens is 4. The Morgan fingerprint density at radius 1 is 1.44 bits per heavy atom. The van der Waals surface area contributed by atoms with Crippen molar-refractivity contribution in [1.82, 2.24) is 20.0 Å². The van der Waals surface area contributed by atoms with Gasteiger partial charge >= 0.3 is 0 Å². The van der Waals surface area contributed by atoms with Crippen LogP contribution in [0.3, 0.4) is 0 Å². The van der Waals surface area contributed by atoms with E-state index in [2.05, 4.69) is 41.4 Å². The molecule has 86 valence electrons. The molecule has 0 radical (unpaired) electrons. The van der Waals surface area contributed by atoms with E-state index in [9.17, 15) is 0 Å². The molecule has 0 saturated carbocycles. The molecule has 0 bridgehead atoms. The standard InChI is InChI=1S/C10H15N5S/c1-10(2,3)15-7-8(13-14-15)6-12-9-11-4-5-16-9/h4-5,7H,6H2,1-3H3,(H,11,12). The number of anilines is 1. The summed E-state index contributed by atoms with van der Waals surface area (Å²) in [5.41, 5.74) is 0.900. The highest BCUT2D eigenvalue weighted by molar-refractivity contribution is 7.13. The van der Waals surface area contributed by atoms with Crippen LogP contribution in [0.5, 0.6) is 0 Å². The predicted octanol–water partition coefficient (Wildman–Crippen LogP) is 2.10. The van der Waals surface area contributed by atoms with Crippen molar-refractivity contribution in [3.63, 3.8) is 0 Å². The summed E-state index contributed by atoms with van der Waals surface area (Å²) >= 11 is 1.58. The largest absolute Gasteiger partial charge is 0.356 e. The molecule has 2 heterocycles. The highest BCUT2D eigenvalue weighted by atomic mass is 32.1. The highest BCUT2D eigenvalue weighted by Crippen LogP contribution is 2.14. The Labute approximate surface area is 98.5 Å². The Morgan fingerprint density at radius 3 is 2.81 bits per heavy atom. The topological polar surface area (TPSA) is 55.6 Å². The van der Waals surface area contributed by atoms with Gasteiger partial charge in [-0.15, -0.1) is 16.4 Å². The van der Waals surface area contributed by atoms with E-state index < -0.39 is 0 Å². The molecule has 2 aromatic heterocycles. The monoisotopic (exact) mass is 237 g/mol. The van der Waals surface area contributed by atoms with E-state index >= 15 is 0 Å². The van der Waals surface area contributed by atoms with Gasteiger partial charge in [0.25, 0.3) is 0 Å². The van der Waals surface area contributed by atoms with Gasteiger partial charge in [-0.2, -0.15) is 0 Å². The van der Waals surface area contributed by atoms with Gasteiger partial charge in [0, 0.05) is 11.6 Å². The Balaban J connectivity index is 1.98. The van der Waals surface area contributed by atoms with Crippen LogP contribution in [0.2, 0.25) is 0 Å². The van der Waals surface area contributed by atoms with Crippen molar-refractivity contribution in [3.8, 4) is 0 Å². The number of hydrogen-bond donors (Lipinski definition) is 1. The quantitative estimate of drug-likeness (QED) is 0.888. The maximum absolute atomic E-state index is 4.14. The third-order valence-electron chi connectivity index (χ3n) is 2.08. The van der Waals surface area contributed by atoms with Crippen LogP contribution >= 0.6 is 11.3 Å². The van der Waals surface area contributed by atoms with Gasteiger partial charge in [-0.05, 0) is 20.8 Å². The maximum atomic E-state index is 4.14. The van der Waals surface area contributed by atoms with E-state index in [0.717, 1.165) is 10.8 Å². The second-order valence-corrected chi connectivity index (χ2v) is 5.41. The summed E-state index contributed by atoms with van der Waals surface area (Å²) in [5.74, 6) is 0. The molecular weight excluding hydrogens is 222 g/mol. The van der Waals surface area contributed by atoms with Crippen LogP contribution < -0.4 is 5.32 Å². The molecule has 2 aromatic rings. The van der Waals surface area contributed by atoms with Crippen LogP contribution in [0.15, 0.2) is 17.8 Å². The SMILES string of the molecule is CC(C)(C)n1cc(CNc2nccs2)nn1. The molecule has 0 aliphatic carbocycles. The lowest BCUT2D eigenvalue weighted by Gasteiger charge is -2.17. The molecular formula is C10H15N5S. The predicted molar refractivity (Wildman–Crippen MR) is 64.5 cm³/mol. The molecule has 0 aromatic carbocycles. The molecule has 0 fully saturated rings. The van der Waals surface area contributed by atoms with Crippen molar-refractivity contribution in [2.24, 2.45) is 0 Å². The number of nitrogens with zero attached hydrogens (tertiary/aromatic N) is 4. The molecule has 0 aliphatic rings. The Morgan fingerprint density at radius 2 is 2.25 bits per heavy atom. The summed E-state index contributed by atoms with van der Waals surface area (Å²) in [4.78, 5) is 4.14. The number of nitrogens with one attached hydrogen (secondary N) is 1. The van der Waals surface area contributed by atoms with Gasteiger partial charge in [0.15, 0.2) is 5.13 Å². The van der Waals surface area contributed by atoms with E-state index in [1.165, 1.54) is 0 Å². The highest BCUT2D eigenvalue weighted by Gasteiger charge is 2.14. The van der Waals surface area contributed by atoms with Gasteiger partial charge in [0.2, 0.25) is 0 Å². The number of rotatable bonds is 3. The molecule has 0 aliphatic heterocycles. The third kappa shape index (κ3) is 2.57. The number of hydrogen-bond acceptors (Lipinski definition) is 5. The summed E-state index contributed by atoms with van der Waals surface area (Å²) in [6, 6.07) is 0. The minimum absolute atomic E-state index is 0.0214. The Hall–Kier alpha value is -1.43. The van der Waals surface area contributed by atoms with Crippen LogP contribution in [0.25, 0.3) is 0 Å². The van der Waals surface area contributed by atoms with E-state index in [-0.39, 0.29) is 5.54 Å². The lowest BCUT2D eigenvalue weighted by molar-refractivity contribution is 0.347. The summed E-state index contributed by atoms with van der Waals surface area (Å²) in [7, 11) is 0. The zero-order chi connectivity index (χ0) is 11.6. The molecule has 0 amide bonds. The molecule has 0 spiro atoms.